The molecule has 5 nitrogen and oxygen atoms in total. The zero-order valence-electron chi connectivity index (χ0n) is 12.4. The monoisotopic (exact) mass is 288 g/mol. The van der Waals surface area contributed by atoms with Crippen molar-refractivity contribution in [3.05, 3.63) is 45.8 Å². The number of rotatable bonds is 6. The molecule has 2 aromatic rings. The number of carbonyl (C=O) groups excluding carboxylic acids is 1. The summed E-state index contributed by atoms with van der Waals surface area (Å²) in [6, 6.07) is 7.46. The first-order chi connectivity index (χ1) is 10.1. The Kier molecular flexibility index (Phi) is 5.11. The van der Waals surface area contributed by atoms with Gasteiger partial charge in [0.1, 0.15) is 5.58 Å². The lowest BCUT2D eigenvalue weighted by molar-refractivity contribution is -0.118. The van der Waals surface area contributed by atoms with Gasteiger partial charge in [-0.3, -0.25) is 4.79 Å². The molecule has 0 unspecified atom stereocenters. The lowest BCUT2D eigenvalue weighted by atomic mass is 10.1. The summed E-state index contributed by atoms with van der Waals surface area (Å²) in [5.74, 6) is -0.0466. The van der Waals surface area contributed by atoms with E-state index < -0.39 is 0 Å². The Hall–Kier alpha value is -2.14. The van der Waals surface area contributed by atoms with Crippen LogP contribution >= 0.6 is 0 Å². The first-order valence-electron chi connectivity index (χ1n) is 7.11. The lowest BCUT2D eigenvalue weighted by Gasteiger charge is -2.08. The highest BCUT2D eigenvalue weighted by atomic mass is 16.4. The largest absolute Gasteiger partial charge is 0.423 e. The molecule has 0 spiro atoms. The molecule has 0 saturated carbocycles. The number of hydrogen-bond acceptors (Lipinski definition) is 4. The van der Waals surface area contributed by atoms with Crippen molar-refractivity contribution in [1.29, 1.82) is 0 Å². The smallest absolute Gasteiger partial charge is 0.336 e. The van der Waals surface area contributed by atoms with Crippen LogP contribution in [0.4, 0.5) is 0 Å². The molecule has 0 saturated heterocycles. The Labute approximate surface area is 123 Å². The molecule has 0 atom stereocenters. The van der Waals surface area contributed by atoms with E-state index in [4.69, 9.17) is 4.42 Å². The van der Waals surface area contributed by atoms with E-state index in [-0.39, 0.29) is 11.5 Å². The van der Waals surface area contributed by atoms with E-state index in [0.29, 0.717) is 25.2 Å². The van der Waals surface area contributed by atoms with Crippen LogP contribution in [-0.2, 0) is 17.8 Å². The fourth-order valence-corrected chi connectivity index (χ4v) is 2.19. The Balaban J connectivity index is 2.12. The topological polar surface area (TPSA) is 71.3 Å². The maximum Gasteiger partial charge on any atom is 0.336 e. The first-order valence-corrected chi connectivity index (χ1v) is 7.11. The molecule has 5 heteroatoms. The van der Waals surface area contributed by atoms with Crippen molar-refractivity contribution in [3.8, 4) is 0 Å². The SMILES string of the molecule is CCc1ccc2c(CNCCNC(C)=O)cc(=O)oc2c1. The van der Waals surface area contributed by atoms with Crippen molar-refractivity contribution in [2.24, 2.45) is 0 Å². The average molecular weight is 288 g/mol. The normalized spacial score (nSPS) is 10.8. The molecule has 1 heterocycles. The summed E-state index contributed by atoms with van der Waals surface area (Å²) < 4.78 is 5.26. The molecule has 2 rings (SSSR count). The summed E-state index contributed by atoms with van der Waals surface area (Å²) in [6.07, 6.45) is 0.902. The van der Waals surface area contributed by atoms with E-state index >= 15 is 0 Å². The highest BCUT2D eigenvalue weighted by Crippen LogP contribution is 2.18. The van der Waals surface area contributed by atoms with Gasteiger partial charge in [0.15, 0.2) is 0 Å². The molecule has 1 amide bonds. The second-order valence-corrected chi connectivity index (χ2v) is 4.93. The number of carbonyl (C=O) groups is 1. The van der Waals surface area contributed by atoms with E-state index in [9.17, 15) is 9.59 Å². The summed E-state index contributed by atoms with van der Waals surface area (Å²) in [5.41, 5.74) is 2.34. The molecule has 0 radical (unpaired) electrons. The second-order valence-electron chi connectivity index (χ2n) is 4.93. The summed E-state index contributed by atoms with van der Waals surface area (Å²) >= 11 is 0. The second kappa shape index (κ2) is 7.04. The van der Waals surface area contributed by atoms with Crippen molar-refractivity contribution < 1.29 is 9.21 Å². The minimum atomic E-state index is -0.339. The van der Waals surface area contributed by atoms with Gasteiger partial charge < -0.3 is 15.1 Å². The molecular weight excluding hydrogens is 268 g/mol. The first kappa shape index (κ1) is 15.3. The van der Waals surface area contributed by atoms with Crippen LogP contribution in [0, 0.1) is 0 Å². The van der Waals surface area contributed by atoms with E-state index in [0.717, 1.165) is 22.9 Å². The third kappa shape index (κ3) is 4.16. The van der Waals surface area contributed by atoms with Crippen LogP contribution in [0.5, 0.6) is 0 Å². The Morgan fingerprint density at radius 2 is 2.05 bits per heavy atom. The van der Waals surface area contributed by atoms with E-state index in [1.165, 1.54) is 13.0 Å². The van der Waals surface area contributed by atoms with Gasteiger partial charge in [0.2, 0.25) is 5.91 Å². The van der Waals surface area contributed by atoms with Crippen LogP contribution in [0.25, 0.3) is 11.0 Å². The third-order valence-corrected chi connectivity index (χ3v) is 3.29. The molecule has 0 fully saturated rings. The minimum absolute atomic E-state index is 0.0466. The zero-order chi connectivity index (χ0) is 15.2. The van der Waals surface area contributed by atoms with E-state index in [2.05, 4.69) is 17.6 Å². The summed E-state index contributed by atoms with van der Waals surface area (Å²) in [4.78, 5) is 22.4. The van der Waals surface area contributed by atoms with Gasteiger partial charge in [-0.05, 0) is 23.6 Å². The predicted octanol–water partition coefficient (Wildman–Crippen LogP) is 1.58. The molecule has 0 aliphatic rings. The number of benzene rings is 1. The fourth-order valence-electron chi connectivity index (χ4n) is 2.19. The zero-order valence-corrected chi connectivity index (χ0v) is 12.4. The van der Waals surface area contributed by atoms with Crippen LogP contribution in [0.1, 0.15) is 25.0 Å². The Morgan fingerprint density at radius 1 is 1.24 bits per heavy atom. The fraction of sp³-hybridized carbons (Fsp3) is 0.375. The molecule has 1 aromatic carbocycles. The molecular formula is C16H20N2O3. The van der Waals surface area contributed by atoms with Crippen LogP contribution in [0.2, 0.25) is 0 Å². The molecule has 21 heavy (non-hydrogen) atoms. The maximum atomic E-state index is 11.6. The highest BCUT2D eigenvalue weighted by Gasteiger charge is 2.06. The van der Waals surface area contributed by atoms with Gasteiger partial charge in [-0.15, -0.1) is 0 Å². The highest BCUT2D eigenvalue weighted by molar-refractivity contribution is 5.80. The number of hydrogen-bond donors (Lipinski definition) is 2. The molecule has 0 bridgehead atoms. The van der Waals surface area contributed by atoms with Gasteiger partial charge in [-0.2, -0.15) is 0 Å². The van der Waals surface area contributed by atoms with E-state index in [1.54, 1.807) is 0 Å². The third-order valence-electron chi connectivity index (χ3n) is 3.29. The van der Waals surface area contributed by atoms with Gasteiger partial charge in [0.25, 0.3) is 0 Å². The summed E-state index contributed by atoms with van der Waals surface area (Å²) in [6.45, 7) is 5.32. The molecule has 2 N–H and O–H groups in total. The Morgan fingerprint density at radius 3 is 2.76 bits per heavy atom. The van der Waals surface area contributed by atoms with Gasteiger partial charge in [0, 0.05) is 38.0 Å². The van der Waals surface area contributed by atoms with Gasteiger partial charge >= 0.3 is 5.63 Å². The van der Waals surface area contributed by atoms with Crippen LogP contribution in [0.15, 0.2) is 33.5 Å². The predicted molar refractivity (Wildman–Crippen MR) is 82.3 cm³/mol. The van der Waals surface area contributed by atoms with Crippen LogP contribution < -0.4 is 16.3 Å². The van der Waals surface area contributed by atoms with Crippen LogP contribution in [0.3, 0.4) is 0 Å². The van der Waals surface area contributed by atoms with Crippen molar-refractivity contribution >= 4 is 16.9 Å². The number of aryl methyl sites for hydroxylation is 1. The quantitative estimate of drug-likeness (QED) is 0.625. The van der Waals surface area contributed by atoms with Gasteiger partial charge in [0.05, 0.1) is 0 Å². The summed E-state index contributed by atoms with van der Waals surface area (Å²) in [7, 11) is 0. The Bertz CT molecular complexity index is 691. The number of nitrogens with one attached hydrogen (secondary N) is 2. The number of amides is 1. The van der Waals surface area contributed by atoms with Crippen molar-refractivity contribution in [3.63, 3.8) is 0 Å². The lowest BCUT2D eigenvalue weighted by Crippen LogP contribution is -2.30. The van der Waals surface area contributed by atoms with Gasteiger partial charge in [-0.1, -0.05) is 19.1 Å². The average Bonchev–Trinajstić information content (AvgIpc) is 2.45. The van der Waals surface area contributed by atoms with Crippen LogP contribution in [-0.4, -0.2) is 19.0 Å². The van der Waals surface area contributed by atoms with Crippen molar-refractivity contribution in [1.82, 2.24) is 10.6 Å². The number of fused-ring (bicyclic) bond motifs is 1. The maximum absolute atomic E-state index is 11.6. The molecule has 1 aromatic heterocycles. The summed E-state index contributed by atoms with van der Waals surface area (Å²) in [5, 5.41) is 6.87. The minimum Gasteiger partial charge on any atom is -0.423 e. The standard InChI is InChI=1S/C16H20N2O3/c1-3-12-4-5-14-13(9-16(20)21-15(14)8-12)10-17-6-7-18-11(2)19/h4-5,8-9,17H,3,6-7,10H2,1-2H3,(H,18,19). The van der Waals surface area contributed by atoms with Crippen molar-refractivity contribution in [2.75, 3.05) is 13.1 Å². The molecule has 0 aliphatic heterocycles. The molecule has 0 aliphatic carbocycles. The van der Waals surface area contributed by atoms with E-state index in [1.807, 2.05) is 18.2 Å². The van der Waals surface area contributed by atoms with Gasteiger partial charge in [-0.25, -0.2) is 4.79 Å². The van der Waals surface area contributed by atoms with Crippen molar-refractivity contribution in [2.45, 2.75) is 26.8 Å². The molecule has 112 valence electrons.